The average molecular weight is 305 g/mol. The Morgan fingerprint density at radius 2 is 2.10 bits per heavy atom. The first-order valence-corrected chi connectivity index (χ1v) is 6.42. The Balaban J connectivity index is 2.33. The molecule has 1 aromatic rings. The minimum absolute atomic E-state index is 0.0695. The molecule has 0 bridgehead atoms. The molecule has 0 saturated carbocycles. The van der Waals surface area contributed by atoms with Gasteiger partial charge in [0.1, 0.15) is 5.82 Å². The number of nitrogens with zero attached hydrogens (tertiary/aromatic N) is 2. The topological polar surface area (TPSA) is 61.9 Å². The van der Waals surface area contributed by atoms with Crippen LogP contribution in [0.15, 0.2) is 23.4 Å². The van der Waals surface area contributed by atoms with Crippen molar-refractivity contribution in [3.8, 4) is 0 Å². The Morgan fingerprint density at radius 1 is 1.38 bits per heavy atom. The molecule has 0 amide bonds. The molecule has 0 aromatic heterocycles. The maximum absolute atomic E-state index is 13.3. The monoisotopic (exact) mass is 305 g/mol. The third-order valence-electron chi connectivity index (χ3n) is 3.57. The number of hydrogen-bond acceptors (Lipinski definition) is 3. The Morgan fingerprint density at radius 3 is 2.71 bits per heavy atom. The largest absolute Gasteiger partial charge is 0.409 e. The summed E-state index contributed by atoms with van der Waals surface area (Å²) >= 11 is 0. The van der Waals surface area contributed by atoms with Gasteiger partial charge in [-0.25, -0.2) is 4.39 Å². The molecule has 0 spiro atoms. The van der Waals surface area contributed by atoms with E-state index in [1.54, 1.807) is 0 Å². The predicted octanol–water partition coefficient (Wildman–Crippen LogP) is 2.70. The zero-order valence-corrected chi connectivity index (χ0v) is 11.1. The molecule has 8 heteroatoms. The van der Waals surface area contributed by atoms with Crippen LogP contribution in [0.1, 0.15) is 18.4 Å². The summed E-state index contributed by atoms with van der Waals surface area (Å²) in [5.41, 5.74) is 5.89. The van der Waals surface area contributed by atoms with E-state index in [2.05, 4.69) is 5.16 Å². The second kappa shape index (κ2) is 5.79. The molecule has 1 aliphatic heterocycles. The van der Waals surface area contributed by atoms with E-state index in [0.29, 0.717) is 18.7 Å². The van der Waals surface area contributed by atoms with Gasteiger partial charge in [0.2, 0.25) is 0 Å². The van der Waals surface area contributed by atoms with Gasteiger partial charge < -0.3 is 15.8 Å². The van der Waals surface area contributed by atoms with Crippen LogP contribution in [-0.2, 0) is 0 Å². The fraction of sp³-hybridized carbons (Fsp3) is 0.462. The van der Waals surface area contributed by atoms with Crippen LogP contribution in [0.25, 0.3) is 0 Å². The third kappa shape index (κ3) is 3.37. The van der Waals surface area contributed by atoms with Gasteiger partial charge in [0.25, 0.3) is 0 Å². The highest BCUT2D eigenvalue weighted by molar-refractivity contribution is 6.02. The van der Waals surface area contributed by atoms with Crippen molar-refractivity contribution in [2.45, 2.75) is 19.0 Å². The van der Waals surface area contributed by atoms with Gasteiger partial charge in [-0.15, -0.1) is 0 Å². The molecule has 1 fully saturated rings. The number of piperidine rings is 1. The van der Waals surface area contributed by atoms with Crippen LogP contribution in [-0.4, -0.2) is 30.3 Å². The van der Waals surface area contributed by atoms with Gasteiger partial charge >= 0.3 is 6.18 Å². The molecular formula is C13H15F4N3O. The molecule has 21 heavy (non-hydrogen) atoms. The number of rotatable bonds is 2. The molecule has 1 unspecified atom stereocenters. The molecule has 116 valence electrons. The smallest absolute Gasteiger partial charge is 0.393 e. The van der Waals surface area contributed by atoms with E-state index in [9.17, 15) is 17.6 Å². The lowest BCUT2D eigenvalue weighted by Crippen LogP contribution is -2.42. The van der Waals surface area contributed by atoms with E-state index < -0.39 is 17.9 Å². The van der Waals surface area contributed by atoms with Crippen molar-refractivity contribution in [3.63, 3.8) is 0 Å². The van der Waals surface area contributed by atoms with Crippen LogP contribution in [0.3, 0.4) is 0 Å². The lowest BCUT2D eigenvalue weighted by Gasteiger charge is -2.36. The van der Waals surface area contributed by atoms with E-state index in [1.807, 2.05) is 0 Å². The van der Waals surface area contributed by atoms with E-state index in [0.717, 1.165) is 12.1 Å². The summed E-state index contributed by atoms with van der Waals surface area (Å²) in [6.45, 7) is 0.185. The Kier molecular flexibility index (Phi) is 4.24. The quantitative estimate of drug-likeness (QED) is 0.290. The van der Waals surface area contributed by atoms with Crippen molar-refractivity contribution in [2.75, 3.05) is 18.0 Å². The molecule has 1 aromatic carbocycles. The first kappa shape index (κ1) is 15.4. The highest BCUT2D eigenvalue weighted by atomic mass is 19.4. The SMILES string of the molecule is NC(=NO)c1cc(F)ccc1N1CCCC(C(F)(F)F)C1. The van der Waals surface area contributed by atoms with E-state index >= 15 is 0 Å². The number of halogens is 4. The number of oxime groups is 1. The van der Waals surface area contributed by atoms with Crippen LogP contribution in [0.4, 0.5) is 23.2 Å². The van der Waals surface area contributed by atoms with Gasteiger partial charge in [-0.2, -0.15) is 13.2 Å². The lowest BCUT2D eigenvalue weighted by atomic mass is 9.96. The standard InChI is InChI=1S/C13H15F4N3O/c14-9-3-4-11(10(6-9)12(18)19-21)20-5-1-2-8(7-20)13(15,16)17/h3-4,6,8,21H,1-2,5,7H2,(H2,18,19). The number of benzene rings is 1. The van der Waals surface area contributed by atoms with E-state index in [-0.39, 0.29) is 24.4 Å². The van der Waals surface area contributed by atoms with Crippen molar-refractivity contribution in [3.05, 3.63) is 29.6 Å². The van der Waals surface area contributed by atoms with Crippen LogP contribution >= 0.6 is 0 Å². The van der Waals surface area contributed by atoms with Gasteiger partial charge in [0.05, 0.1) is 5.92 Å². The zero-order valence-electron chi connectivity index (χ0n) is 11.1. The molecule has 2 rings (SSSR count). The van der Waals surface area contributed by atoms with Crippen molar-refractivity contribution in [2.24, 2.45) is 16.8 Å². The summed E-state index contributed by atoms with van der Waals surface area (Å²) in [4.78, 5) is 1.49. The normalized spacial score (nSPS) is 20.7. The van der Waals surface area contributed by atoms with E-state index in [4.69, 9.17) is 10.9 Å². The lowest BCUT2D eigenvalue weighted by molar-refractivity contribution is -0.175. The van der Waals surface area contributed by atoms with Crippen molar-refractivity contribution in [1.82, 2.24) is 0 Å². The van der Waals surface area contributed by atoms with Gasteiger partial charge in [0.15, 0.2) is 5.84 Å². The third-order valence-corrected chi connectivity index (χ3v) is 3.57. The van der Waals surface area contributed by atoms with E-state index in [1.165, 1.54) is 11.0 Å². The minimum Gasteiger partial charge on any atom is -0.409 e. The van der Waals surface area contributed by atoms with Crippen LogP contribution < -0.4 is 10.6 Å². The number of amidine groups is 1. The van der Waals surface area contributed by atoms with Crippen LogP contribution in [0, 0.1) is 11.7 Å². The molecule has 1 saturated heterocycles. The van der Waals surface area contributed by atoms with Gasteiger partial charge in [-0.05, 0) is 31.0 Å². The van der Waals surface area contributed by atoms with Gasteiger partial charge in [-0.3, -0.25) is 0 Å². The fourth-order valence-corrected chi connectivity index (χ4v) is 2.51. The molecule has 1 heterocycles. The molecule has 0 radical (unpaired) electrons. The molecule has 0 aliphatic carbocycles. The Labute approximate surface area is 118 Å². The highest BCUT2D eigenvalue weighted by Gasteiger charge is 2.42. The van der Waals surface area contributed by atoms with Gasteiger partial charge in [0, 0.05) is 24.3 Å². The average Bonchev–Trinajstić information content (AvgIpc) is 2.45. The number of hydrogen-bond donors (Lipinski definition) is 2. The molecule has 1 atom stereocenters. The fourth-order valence-electron chi connectivity index (χ4n) is 2.51. The molecule has 1 aliphatic rings. The van der Waals surface area contributed by atoms with Gasteiger partial charge in [-0.1, -0.05) is 5.16 Å². The molecule has 3 N–H and O–H groups in total. The summed E-state index contributed by atoms with van der Waals surface area (Å²) in [7, 11) is 0. The molecule has 4 nitrogen and oxygen atoms in total. The van der Waals surface area contributed by atoms with Crippen LogP contribution in [0.5, 0.6) is 0 Å². The van der Waals surface area contributed by atoms with Crippen LogP contribution in [0.2, 0.25) is 0 Å². The van der Waals surface area contributed by atoms with Crippen molar-refractivity contribution in [1.29, 1.82) is 0 Å². The highest BCUT2D eigenvalue weighted by Crippen LogP contribution is 2.35. The number of anilines is 1. The Bertz CT molecular complexity index is 545. The summed E-state index contributed by atoms with van der Waals surface area (Å²) in [6, 6.07) is 3.53. The van der Waals surface area contributed by atoms with Crippen molar-refractivity contribution < 1.29 is 22.8 Å². The minimum atomic E-state index is -4.27. The Hall–Kier alpha value is -1.99. The number of alkyl halides is 3. The second-order valence-corrected chi connectivity index (χ2v) is 4.97. The second-order valence-electron chi connectivity index (χ2n) is 4.97. The maximum atomic E-state index is 13.3. The maximum Gasteiger partial charge on any atom is 0.393 e. The summed E-state index contributed by atoms with van der Waals surface area (Å²) in [5.74, 6) is -2.38. The zero-order chi connectivity index (χ0) is 15.6. The first-order chi connectivity index (χ1) is 9.82. The summed E-state index contributed by atoms with van der Waals surface area (Å²) < 4.78 is 51.8. The predicted molar refractivity (Wildman–Crippen MR) is 69.9 cm³/mol. The summed E-state index contributed by atoms with van der Waals surface area (Å²) in [5, 5.41) is 11.5. The summed E-state index contributed by atoms with van der Waals surface area (Å²) in [6.07, 6.45) is -3.83. The molecular weight excluding hydrogens is 290 g/mol. The first-order valence-electron chi connectivity index (χ1n) is 6.42. The number of nitrogens with two attached hydrogens (primary N) is 1. The van der Waals surface area contributed by atoms with Crippen molar-refractivity contribution >= 4 is 11.5 Å².